The molecule has 3 aromatic rings. The number of benzene rings is 3. The predicted molar refractivity (Wildman–Crippen MR) is 149 cm³/mol. The Bertz CT molecular complexity index is 1870. The van der Waals surface area contributed by atoms with Crippen LogP contribution < -0.4 is 20.5 Å². The normalized spacial score (nSPS) is 13.3. The molecule has 7 heteroatoms. The first kappa shape index (κ1) is 24.0. The minimum atomic E-state index is -1.06. The van der Waals surface area contributed by atoms with Crippen LogP contribution >= 0.6 is 0 Å². The molecule has 38 heavy (non-hydrogen) atoms. The molecule has 1 N–H and O–H groups in total. The van der Waals surface area contributed by atoms with Crippen molar-refractivity contribution < 1.29 is 18.7 Å². The molecule has 0 fully saturated rings. The van der Waals surface area contributed by atoms with E-state index in [1.807, 2.05) is 43.9 Å². The molecule has 1 aromatic heterocycles. The summed E-state index contributed by atoms with van der Waals surface area (Å²) >= 11 is 0. The van der Waals surface area contributed by atoms with Crippen molar-refractivity contribution in [3.05, 3.63) is 81.0 Å². The number of hydrogen-bond donors (Lipinski definition) is 1. The topological polar surface area (TPSA) is 86.9 Å². The van der Waals surface area contributed by atoms with E-state index in [0.29, 0.717) is 39.0 Å². The molecule has 0 spiro atoms. The number of fused-ring (bicyclic) bond motifs is 5. The van der Waals surface area contributed by atoms with Gasteiger partial charge in [-0.3, -0.25) is 0 Å². The van der Waals surface area contributed by atoms with Crippen molar-refractivity contribution >= 4 is 33.6 Å². The first-order chi connectivity index (χ1) is 18.3. The van der Waals surface area contributed by atoms with Gasteiger partial charge in [0.15, 0.2) is 5.58 Å². The van der Waals surface area contributed by atoms with Crippen LogP contribution in [0, 0.1) is 0 Å². The lowest BCUT2D eigenvalue weighted by Gasteiger charge is -2.27. The smallest absolute Gasteiger partial charge is 0.348 e. The minimum Gasteiger partial charge on any atom is -0.478 e. The third-order valence-electron chi connectivity index (χ3n) is 7.61. The van der Waals surface area contributed by atoms with Crippen molar-refractivity contribution in [2.45, 2.75) is 26.2 Å². The van der Waals surface area contributed by atoms with Gasteiger partial charge in [0.25, 0.3) is 0 Å². The van der Waals surface area contributed by atoms with Gasteiger partial charge in [0, 0.05) is 42.0 Å². The molecule has 0 saturated heterocycles. The van der Waals surface area contributed by atoms with Crippen molar-refractivity contribution in [2.24, 2.45) is 0 Å². The predicted octanol–water partition coefficient (Wildman–Crippen LogP) is 4.99. The number of nitrogens with zero attached hydrogens (tertiary/aromatic N) is 2. The highest BCUT2D eigenvalue weighted by Gasteiger charge is 2.27. The van der Waals surface area contributed by atoms with Crippen LogP contribution in [0.5, 0.6) is 0 Å². The standard InChI is InChI=1S/C31H28N2O5/c1-5-17-13-21-25(15-23(17)32(2)3)37-29-22-14-18-9-8-12-33(4)24(18)16-26(22)38-31(36)28(29)27(21)19-10-6-7-11-20(19)30(34)35/h6-7,10-11,13-16H,5,8-9,12H2,1-4H3/p+1. The molecule has 0 amide bonds. The Labute approximate surface area is 219 Å². The summed E-state index contributed by atoms with van der Waals surface area (Å²) in [7, 11) is 6.00. The van der Waals surface area contributed by atoms with Crippen molar-refractivity contribution in [3.8, 4) is 22.5 Å². The second kappa shape index (κ2) is 8.87. The second-order valence-electron chi connectivity index (χ2n) is 10.1. The third-order valence-corrected chi connectivity index (χ3v) is 7.61. The zero-order valence-corrected chi connectivity index (χ0v) is 21.9. The lowest BCUT2D eigenvalue weighted by molar-refractivity contribution is 0.0697. The average molecular weight is 510 g/mol. The molecule has 6 rings (SSSR count). The number of anilines is 1. The highest BCUT2D eigenvalue weighted by molar-refractivity contribution is 6.13. The van der Waals surface area contributed by atoms with Crippen LogP contribution in [0.15, 0.2) is 62.2 Å². The Kier molecular flexibility index (Phi) is 5.60. The molecule has 2 aromatic carbocycles. The van der Waals surface area contributed by atoms with E-state index in [1.54, 1.807) is 24.3 Å². The first-order valence-electron chi connectivity index (χ1n) is 12.9. The number of hydrogen-bond acceptors (Lipinski definition) is 5. The summed E-state index contributed by atoms with van der Waals surface area (Å²) in [6.45, 7) is 3.01. The molecule has 2 aliphatic heterocycles. The van der Waals surface area contributed by atoms with Gasteiger partial charge in [-0.2, -0.15) is 0 Å². The average Bonchev–Trinajstić information content (AvgIpc) is 2.90. The summed E-state index contributed by atoms with van der Waals surface area (Å²) in [4.78, 5) is 28.2. The summed E-state index contributed by atoms with van der Waals surface area (Å²) in [5.74, 6) is -0.485. The summed E-state index contributed by atoms with van der Waals surface area (Å²) in [6.07, 6.45) is 2.71. The van der Waals surface area contributed by atoms with Gasteiger partial charge in [0.2, 0.25) is 5.36 Å². The van der Waals surface area contributed by atoms with Crippen molar-refractivity contribution in [2.75, 3.05) is 32.6 Å². The van der Waals surface area contributed by atoms with E-state index in [0.717, 1.165) is 42.4 Å². The van der Waals surface area contributed by atoms with Crippen LogP contribution in [0.1, 0.15) is 34.8 Å². The monoisotopic (exact) mass is 509 g/mol. The Balaban J connectivity index is 1.87. The van der Waals surface area contributed by atoms with Crippen molar-refractivity contribution in [3.63, 3.8) is 0 Å². The molecule has 192 valence electrons. The van der Waals surface area contributed by atoms with Gasteiger partial charge in [-0.15, -0.1) is 0 Å². The SMILES string of the molecule is CCc1cc2c(-c3ccccc3C(=O)O)c3c(=O)oc4cc5c(cc4c3oc-2cc1=[N+](C)C)CCCN5C. The molecule has 1 aliphatic carbocycles. The number of carboxylic acid groups (broad SMARTS) is 1. The fourth-order valence-electron chi connectivity index (χ4n) is 5.76. The molecule has 3 aliphatic rings. The second-order valence-corrected chi connectivity index (χ2v) is 10.1. The van der Waals surface area contributed by atoms with Gasteiger partial charge in [-0.05, 0) is 48.6 Å². The van der Waals surface area contributed by atoms with Gasteiger partial charge < -0.3 is 18.8 Å². The number of rotatable bonds is 3. The molecule has 0 unspecified atom stereocenters. The van der Waals surface area contributed by atoms with E-state index in [4.69, 9.17) is 8.83 Å². The van der Waals surface area contributed by atoms with Crippen molar-refractivity contribution in [1.29, 1.82) is 0 Å². The molecule has 0 atom stereocenters. The van der Waals surface area contributed by atoms with E-state index in [2.05, 4.69) is 17.9 Å². The van der Waals surface area contributed by atoms with E-state index >= 15 is 0 Å². The number of aryl methyl sites for hydroxylation is 2. The zero-order chi connectivity index (χ0) is 26.7. The molecule has 0 bridgehead atoms. The summed E-state index contributed by atoms with van der Waals surface area (Å²) in [6, 6.07) is 14.7. The van der Waals surface area contributed by atoms with E-state index in [-0.39, 0.29) is 10.9 Å². The highest BCUT2D eigenvalue weighted by Crippen LogP contribution is 2.43. The minimum absolute atomic E-state index is 0.114. The Morgan fingerprint density at radius 3 is 2.61 bits per heavy atom. The number of carbonyl (C=O) groups is 1. The summed E-state index contributed by atoms with van der Waals surface area (Å²) < 4.78 is 14.5. The van der Waals surface area contributed by atoms with Crippen LogP contribution in [0.3, 0.4) is 0 Å². The lowest BCUT2D eigenvalue weighted by atomic mass is 9.89. The Morgan fingerprint density at radius 1 is 1.08 bits per heavy atom. The van der Waals surface area contributed by atoms with Crippen LogP contribution in [0.4, 0.5) is 5.69 Å². The van der Waals surface area contributed by atoms with Crippen LogP contribution in [0.25, 0.3) is 44.4 Å². The third kappa shape index (κ3) is 3.61. The van der Waals surface area contributed by atoms with E-state index in [9.17, 15) is 14.7 Å². The maximum atomic E-state index is 13.7. The fraction of sp³-hybridized carbons (Fsp3) is 0.258. The van der Waals surface area contributed by atoms with Gasteiger partial charge >= 0.3 is 11.6 Å². The molecular formula is C31H29N2O5+. The molecular weight excluding hydrogens is 480 g/mol. The summed E-state index contributed by atoms with van der Waals surface area (Å²) in [5.41, 5.74) is 5.35. The highest BCUT2D eigenvalue weighted by atomic mass is 16.4. The maximum absolute atomic E-state index is 13.7. The van der Waals surface area contributed by atoms with Crippen LogP contribution in [0.2, 0.25) is 0 Å². The Hall–Kier alpha value is -4.39. The first-order valence-corrected chi connectivity index (χ1v) is 12.9. The van der Waals surface area contributed by atoms with Crippen LogP contribution in [-0.4, -0.2) is 38.8 Å². The zero-order valence-electron chi connectivity index (χ0n) is 21.9. The van der Waals surface area contributed by atoms with E-state index in [1.165, 1.54) is 5.56 Å². The molecule has 7 nitrogen and oxygen atoms in total. The van der Waals surface area contributed by atoms with Gasteiger partial charge in [-0.25, -0.2) is 14.2 Å². The largest absolute Gasteiger partial charge is 0.478 e. The molecule has 3 heterocycles. The Morgan fingerprint density at radius 2 is 1.87 bits per heavy atom. The summed E-state index contributed by atoms with van der Waals surface area (Å²) in [5, 5.41) is 12.0. The van der Waals surface area contributed by atoms with Gasteiger partial charge in [0.1, 0.15) is 30.8 Å². The fourth-order valence-corrected chi connectivity index (χ4v) is 5.76. The number of aromatic carboxylic acids is 1. The quantitative estimate of drug-likeness (QED) is 0.160. The maximum Gasteiger partial charge on any atom is 0.348 e. The lowest BCUT2D eigenvalue weighted by Crippen LogP contribution is -2.26. The van der Waals surface area contributed by atoms with Crippen LogP contribution in [-0.2, 0) is 12.8 Å². The van der Waals surface area contributed by atoms with Gasteiger partial charge in [-0.1, -0.05) is 25.1 Å². The molecule has 0 saturated carbocycles. The molecule has 0 radical (unpaired) electrons. The van der Waals surface area contributed by atoms with Gasteiger partial charge in [0.05, 0.1) is 17.0 Å². The van der Waals surface area contributed by atoms with Crippen molar-refractivity contribution in [1.82, 2.24) is 4.58 Å². The number of carboxylic acids is 1. The van der Waals surface area contributed by atoms with E-state index < -0.39 is 11.6 Å².